The van der Waals surface area contributed by atoms with E-state index in [1.807, 2.05) is 13.8 Å². The zero-order chi connectivity index (χ0) is 11.8. The van der Waals surface area contributed by atoms with Gasteiger partial charge in [-0.1, -0.05) is 24.4 Å². The summed E-state index contributed by atoms with van der Waals surface area (Å²) in [4.78, 5) is 1.49. The van der Waals surface area contributed by atoms with E-state index in [4.69, 9.17) is 24.4 Å². The van der Waals surface area contributed by atoms with Crippen molar-refractivity contribution in [1.82, 2.24) is 21.7 Å². The van der Waals surface area contributed by atoms with Crippen molar-refractivity contribution in [3.05, 3.63) is 0 Å². The fourth-order valence-corrected chi connectivity index (χ4v) is 1.22. The zero-order valence-corrected chi connectivity index (χ0v) is 11.3. The molecular weight excluding hydrogens is 228 g/mol. The molecule has 0 aliphatic rings. The molecule has 0 saturated carbocycles. The molecule has 2 unspecified atom stereocenters. The molecule has 0 saturated heterocycles. The monoisotopic (exact) mass is 248 g/mol. The summed E-state index contributed by atoms with van der Waals surface area (Å²) < 4.78 is 0. The van der Waals surface area contributed by atoms with Crippen LogP contribution in [0.3, 0.4) is 0 Å². The van der Waals surface area contributed by atoms with E-state index in [1.54, 1.807) is 0 Å². The van der Waals surface area contributed by atoms with Gasteiger partial charge >= 0.3 is 0 Å². The molecule has 0 heterocycles. The SMILES string of the molecule is CC(=S)NNC(C)CC(C)NNC(C)=S. The maximum absolute atomic E-state index is 4.89. The first kappa shape index (κ1) is 14.7. The Morgan fingerprint density at radius 2 is 1.27 bits per heavy atom. The Hall–Kier alpha value is -0.300. The van der Waals surface area contributed by atoms with Crippen molar-refractivity contribution in [3.63, 3.8) is 0 Å². The third-order valence-electron chi connectivity index (χ3n) is 1.70. The summed E-state index contributed by atoms with van der Waals surface area (Å²) >= 11 is 9.79. The molecule has 2 atom stereocenters. The number of hydrogen-bond acceptors (Lipinski definition) is 4. The van der Waals surface area contributed by atoms with E-state index in [1.165, 1.54) is 0 Å². The Balaban J connectivity index is 3.61. The average Bonchev–Trinajstić information content (AvgIpc) is 2.11. The van der Waals surface area contributed by atoms with Gasteiger partial charge in [-0.2, -0.15) is 0 Å². The summed E-state index contributed by atoms with van der Waals surface area (Å²) in [7, 11) is 0. The minimum absolute atomic E-state index is 0.331. The van der Waals surface area contributed by atoms with Crippen molar-refractivity contribution in [2.45, 2.75) is 46.2 Å². The second kappa shape index (κ2) is 7.92. The van der Waals surface area contributed by atoms with Crippen molar-refractivity contribution in [1.29, 1.82) is 0 Å². The number of nitrogens with one attached hydrogen (secondary N) is 4. The largest absolute Gasteiger partial charge is 0.316 e. The van der Waals surface area contributed by atoms with Crippen molar-refractivity contribution in [3.8, 4) is 0 Å². The van der Waals surface area contributed by atoms with Gasteiger partial charge < -0.3 is 10.9 Å². The molecule has 0 aromatic heterocycles. The first-order valence-electron chi connectivity index (χ1n) is 4.96. The van der Waals surface area contributed by atoms with Gasteiger partial charge in [0.05, 0.1) is 9.98 Å². The molecule has 4 N–H and O–H groups in total. The minimum atomic E-state index is 0.331. The van der Waals surface area contributed by atoms with Gasteiger partial charge in [-0.15, -0.1) is 0 Å². The van der Waals surface area contributed by atoms with Gasteiger partial charge in [0.1, 0.15) is 0 Å². The molecule has 0 aromatic rings. The zero-order valence-electron chi connectivity index (χ0n) is 9.68. The van der Waals surface area contributed by atoms with Crippen LogP contribution in [0.4, 0.5) is 0 Å². The molecule has 0 bridgehead atoms. The van der Waals surface area contributed by atoms with Gasteiger partial charge in [-0.3, -0.25) is 0 Å². The summed E-state index contributed by atoms with van der Waals surface area (Å²) in [6.45, 7) is 7.86. The third kappa shape index (κ3) is 9.99. The van der Waals surface area contributed by atoms with E-state index >= 15 is 0 Å². The van der Waals surface area contributed by atoms with E-state index in [9.17, 15) is 0 Å². The van der Waals surface area contributed by atoms with Crippen LogP contribution in [0, 0.1) is 0 Å². The highest BCUT2D eigenvalue weighted by molar-refractivity contribution is 7.80. The van der Waals surface area contributed by atoms with Crippen LogP contribution in [-0.2, 0) is 0 Å². The number of hydrogen-bond donors (Lipinski definition) is 4. The predicted octanol–water partition coefficient (Wildman–Crippen LogP) is 1.04. The lowest BCUT2D eigenvalue weighted by atomic mass is 10.1. The van der Waals surface area contributed by atoms with Gasteiger partial charge in [0.15, 0.2) is 0 Å². The van der Waals surface area contributed by atoms with Crippen LogP contribution < -0.4 is 21.7 Å². The number of rotatable bonds is 6. The maximum Gasteiger partial charge on any atom is 0.0863 e. The lowest BCUT2D eigenvalue weighted by molar-refractivity contribution is 0.405. The summed E-state index contributed by atoms with van der Waals surface area (Å²) in [5, 5.41) is 0. The third-order valence-corrected chi connectivity index (χ3v) is 1.90. The highest BCUT2D eigenvalue weighted by Gasteiger charge is 2.07. The summed E-state index contributed by atoms with van der Waals surface area (Å²) in [6, 6.07) is 0.662. The van der Waals surface area contributed by atoms with E-state index in [2.05, 4.69) is 35.6 Å². The van der Waals surface area contributed by atoms with Crippen LogP contribution in [-0.4, -0.2) is 22.1 Å². The quantitative estimate of drug-likeness (QED) is 0.416. The summed E-state index contributed by atoms with van der Waals surface area (Å²) in [5.74, 6) is 0. The molecule has 0 spiro atoms. The average molecular weight is 248 g/mol. The lowest BCUT2D eigenvalue weighted by Crippen LogP contribution is -2.47. The first-order valence-corrected chi connectivity index (χ1v) is 5.77. The van der Waals surface area contributed by atoms with Gasteiger partial charge in [0.25, 0.3) is 0 Å². The molecule has 0 fully saturated rings. The van der Waals surface area contributed by atoms with Crippen LogP contribution in [0.15, 0.2) is 0 Å². The maximum atomic E-state index is 4.89. The van der Waals surface area contributed by atoms with Crippen molar-refractivity contribution in [2.75, 3.05) is 0 Å². The second-order valence-electron chi connectivity index (χ2n) is 3.69. The van der Waals surface area contributed by atoms with Crippen molar-refractivity contribution >= 4 is 34.4 Å². The minimum Gasteiger partial charge on any atom is -0.316 e. The molecule has 15 heavy (non-hydrogen) atoms. The smallest absolute Gasteiger partial charge is 0.0863 e. The standard InChI is InChI=1S/C9H20N4S2/c1-6(10-12-8(3)14)5-7(2)11-13-9(4)15/h6-7,10-11H,5H2,1-4H3,(H,12,14)(H,13,15). The molecule has 6 heteroatoms. The highest BCUT2D eigenvalue weighted by Crippen LogP contribution is 1.95. The molecule has 0 rings (SSSR count). The Morgan fingerprint density at radius 1 is 0.933 bits per heavy atom. The fourth-order valence-electron chi connectivity index (χ4n) is 1.10. The molecule has 4 nitrogen and oxygen atoms in total. The Bertz CT molecular complexity index is 198. The number of thiocarbonyl (C=S) groups is 2. The van der Waals surface area contributed by atoms with Crippen LogP contribution in [0.25, 0.3) is 0 Å². The van der Waals surface area contributed by atoms with E-state index < -0.39 is 0 Å². The summed E-state index contributed by atoms with van der Waals surface area (Å²) in [6.07, 6.45) is 0.964. The summed E-state index contributed by atoms with van der Waals surface area (Å²) in [5.41, 5.74) is 12.1. The van der Waals surface area contributed by atoms with Crippen molar-refractivity contribution < 1.29 is 0 Å². The van der Waals surface area contributed by atoms with Crippen LogP contribution in [0.1, 0.15) is 34.1 Å². The molecule has 0 aliphatic heterocycles. The molecule has 88 valence electrons. The van der Waals surface area contributed by atoms with Gasteiger partial charge in [-0.25, -0.2) is 10.9 Å². The van der Waals surface area contributed by atoms with Crippen molar-refractivity contribution in [2.24, 2.45) is 0 Å². The van der Waals surface area contributed by atoms with Crippen LogP contribution in [0.5, 0.6) is 0 Å². The number of hydrazine groups is 2. The topological polar surface area (TPSA) is 48.1 Å². The highest BCUT2D eigenvalue weighted by atomic mass is 32.1. The predicted molar refractivity (Wildman–Crippen MR) is 72.6 cm³/mol. The van der Waals surface area contributed by atoms with E-state index in [0.29, 0.717) is 12.1 Å². The van der Waals surface area contributed by atoms with E-state index in [-0.39, 0.29) is 0 Å². The van der Waals surface area contributed by atoms with Crippen LogP contribution in [0.2, 0.25) is 0 Å². The first-order chi connectivity index (χ1) is 6.91. The fraction of sp³-hybridized carbons (Fsp3) is 0.778. The molecule has 0 amide bonds. The van der Waals surface area contributed by atoms with E-state index in [0.717, 1.165) is 16.4 Å². The van der Waals surface area contributed by atoms with Gasteiger partial charge in [0, 0.05) is 12.1 Å². The second-order valence-corrected chi connectivity index (χ2v) is 4.91. The van der Waals surface area contributed by atoms with Gasteiger partial charge in [0.2, 0.25) is 0 Å². The van der Waals surface area contributed by atoms with Gasteiger partial charge in [-0.05, 0) is 34.1 Å². The Labute approximate surface area is 103 Å². The Kier molecular flexibility index (Phi) is 7.76. The Morgan fingerprint density at radius 3 is 1.53 bits per heavy atom. The molecule has 0 aromatic carbocycles. The lowest BCUT2D eigenvalue weighted by Gasteiger charge is -2.20. The normalized spacial score (nSPS) is 14.1. The molecule has 0 aliphatic carbocycles. The molecule has 0 radical (unpaired) electrons. The van der Waals surface area contributed by atoms with Crippen LogP contribution >= 0.6 is 24.4 Å². The molecular formula is C9H20N4S2.